The second kappa shape index (κ2) is 6.11. The molecule has 8 heteroatoms. The highest BCUT2D eigenvalue weighted by Gasteiger charge is 2.15. The van der Waals surface area contributed by atoms with Gasteiger partial charge in [-0.2, -0.15) is 0 Å². The van der Waals surface area contributed by atoms with Crippen LogP contribution in [0.25, 0.3) is 0 Å². The van der Waals surface area contributed by atoms with Crippen LogP contribution in [0.4, 0.5) is 5.69 Å². The number of halogens is 1. The first-order chi connectivity index (χ1) is 9.92. The van der Waals surface area contributed by atoms with Crippen LogP contribution >= 0.6 is 11.6 Å². The molecule has 0 atom stereocenters. The molecule has 110 valence electrons. The number of nitrogens with one attached hydrogen (secondary N) is 2. The van der Waals surface area contributed by atoms with E-state index in [2.05, 4.69) is 15.0 Å². The van der Waals surface area contributed by atoms with Gasteiger partial charge in [-0.15, -0.1) is 0 Å². The first kappa shape index (κ1) is 15.3. The van der Waals surface area contributed by atoms with Gasteiger partial charge < -0.3 is 5.32 Å². The van der Waals surface area contributed by atoms with Crippen molar-refractivity contribution in [3.63, 3.8) is 0 Å². The van der Waals surface area contributed by atoms with Crippen molar-refractivity contribution < 1.29 is 13.2 Å². The average Bonchev–Trinajstić information content (AvgIpc) is 2.49. The zero-order chi connectivity index (χ0) is 15.5. The summed E-state index contributed by atoms with van der Waals surface area (Å²) in [5, 5.41) is 2.73. The van der Waals surface area contributed by atoms with Crippen molar-refractivity contribution in [2.75, 3.05) is 11.8 Å². The Balaban J connectivity index is 2.23. The van der Waals surface area contributed by atoms with E-state index < -0.39 is 10.0 Å². The molecule has 0 bridgehead atoms. The number of carbonyl (C=O) groups is 1. The molecule has 1 amide bonds. The molecular weight excluding hydrogens is 314 g/mol. The van der Waals surface area contributed by atoms with Gasteiger partial charge in [0.1, 0.15) is 5.15 Å². The van der Waals surface area contributed by atoms with E-state index in [-0.39, 0.29) is 16.0 Å². The van der Waals surface area contributed by atoms with Crippen molar-refractivity contribution in [2.24, 2.45) is 0 Å². The maximum Gasteiger partial charge on any atom is 0.261 e. The Hall–Kier alpha value is -2.12. The van der Waals surface area contributed by atoms with E-state index in [1.165, 1.54) is 49.6 Å². The summed E-state index contributed by atoms with van der Waals surface area (Å²) in [7, 11) is -2.24. The van der Waals surface area contributed by atoms with E-state index in [0.717, 1.165) is 0 Å². The van der Waals surface area contributed by atoms with Crippen molar-refractivity contribution in [1.82, 2.24) is 10.3 Å². The number of hydrogen-bond donors (Lipinski definition) is 2. The summed E-state index contributed by atoms with van der Waals surface area (Å²) in [6.45, 7) is 0. The van der Waals surface area contributed by atoms with Crippen LogP contribution in [0, 0.1) is 0 Å². The number of rotatable bonds is 4. The third kappa shape index (κ3) is 3.71. The number of benzene rings is 1. The minimum atomic E-state index is -3.74. The molecule has 1 aromatic carbocycles. The number of nitrogens with zero attached hydrogens (tertiary/aromatic N) is 1. The second-order valence-corrected chi connectivity index (χ2v) is 6.15. The maximum absolute atomic E-state index is 12.2. The monoisotopic (exact) mass is 325 g/mol. The van der Waals surface area contributed by atoms with Crippen LogP contribution in [0.2, 0.25) is 5.15 Å². The average molecular weight is 326 g/mol. The largest absolute Gasteiger partial charge is 0.355 e. The number of anilines is 1. The molecule has 0 aliphatic rings. The lowest BCUT2D eigenvalue weighted by Gasteiger charge is -2.08. The van der Waals surface area contributed by atoms with Gasteiger partial charge in [0.2, 0.25) is 0 Å². The molecule has 0 radical (unpaired) electrons. The van der Waals surface area contributed by atoms with E-state index in [9.17, 15) is 13.2 Å². The van der Waals surface area contributed by atoms with Gasteiger partial charge >= 0.3 is 0 Å². The van der Waals surface area contributed by atoms with Gasteiger partial charge in [0.15, 0.2) is 0 Å². The number of pyridine rings is 1. The summed E-state index contributed by atoms with van der Waals surface area (Å²) in [5.41, 5.74) is 0.680. The van der Waals surface area contributed by atoms with Gasteiger partial charge in [0.05, 0.1) is 16.8 Å². The Morgan fingerprint density at radius 2 is 1.81 bits per heavy atom. The molecule has 0 saturated heterocycles. The van der Waals surface area contributed by atoms with Crippen LogP contribution in [-0.2, 0) is 10.0 Å². The number of carbonyl (C=O) groups excluding carboxylic acids is 1. The molecule has 2 N–H and O–H groups in total. The van der Waals surface area contributed by atoms with E-state index in [4.69, 9.17) is 11.6 Å². The lowest BCUT2D eigenvalue weighted by Crippen LogP contribution is -2.18. The fraction of sp³-hybridized carbons (Fsp3) is 0.0769. The van der Waals surface area contributed by atoms with Crippen molar-refractivity contribution >= 4 is 33.2 Å². The molecular formula is C13H12ClN3O3S. The van der Waals surface area contributed by atoms with Crippen LogP contribution in [0.5, 0.6) is 0 Å². The van der Waals surface area contributed by atoms with Crippen molar-refractivity contribution in [2.45, 2.75) is 4.90 Å². The van der Waals surface area contributed by atoms with Crippen molar-refractivity contribution in [3.8, 4) is 0 Å². The van der Waals surface area contributed by atoms with Crippen LogP contribution in [-0.4, -0.2) is 26.4 Å². The van der Waals surface area contributed by atoms with Gasteiger partial charge in [0.25, 0.3) is 15.9 Å². The Morgan fingerprint density at radius 1 is 1.14 bits per heavy atom. The lowest BCUT2D eigenvalue weighted by molar-refractivity contribution is 0.0963. The number of amides is 1. The third-order valence-corrected chi connectivity index (χ3v) is 4.25. The minimum absolute atomic E-state index is 0.0464. The maximum atomic E-state index is 12.2. The van der Waals surface area contributed by atoms with Gasteiger partial charge in [-0.05, 0) is 36.4 Å². The number of hydrogen-bond acceptors (Lipinski definition) is 4. The van der Waals surface area contributed by atoms with E-state index >= 15 is 0 Å². The molecule has 2 rings (SSSR count). The highest BCUT2D eigenvalue weighted by Crippen LogP contribution is 2.17. The fourth-order valence-corrected chi connectivity index (χ4v) is 2.74. The SMILES string of the molecule is CNC(=O)c1ccc(S(=O)(=O)Nc2ccc(Cl)nc2)cc1. The third-order valence-electron chi connectivity index (χ3n) is 2.63. The molecule has 1 aromatic heterocycles. The smallest absolute Gasteiger partial charge is 0.261 e. The van der Waals surface area contributed by atoms with Crippen molar-refractivity contribution in [1.29, 1.82) is 0 Å². The van der Waals surface area contributed by atoms with Gasteiger partial charge in [0, 0.05) is 12.6 Å². The number of aromatic nitrogens is 1. The predicted molar refractivity (Wildman–Crippen MR) is 79.9 cm³/mol. The van der Waals surface area contributed by atoms with Gasteiger partial charge in [-0.3, -0.25) is 9.52 Å². The van der Waals surface area contributed by atoms with E-state index in [0.29, 0.717) is 11.3 Å². The first-order valence-electron chi connectivity index (χ1n) is 5.89. The Morgan fingerprint density at radius 3 is 2.33 bits per heavy atom. The molecule has 2 aromatic rings. The zero-order valence-electron chi connectivity index (χ0n) is 11.0. The molecule has 0 unspecified atom stereocenters. The van der Waals surface area contributed by atoms with Crippen LogP contribution in [0.3, 0.4) is 0 Å². The van der Waals surface area contributed by atoms with Crippen molar-refractivity contribution in [3.05, 3.63) is 53.3 Å². The molecule has 6 nitrogen and oxygen atoms in total. The molecule has 21 heavy (non-hydrogen) atoms. The Kier molecular flexibility index (Phi) is 4.44. The summed E-state index contributed by atoms with van der Waals surface area (Å²) in [4.78, 5) is 15.2. The molecule has 0 aliphatic heterocycles. The molecule has 0 spiro atoms. The standard InChI is InChI=1S/C13H12ClN3O3S/c1-15-13(18)9-2-5-11(6-3-9)21(19,20)17-10-4-7-12(14)16-8-10/h2-8,17H,1H3,(H,15,18). The second-order valence-electron chi connectivity index (χ2n) is 4.08. The Bertz CT molecular complexity index is 743. The molecule has 0 aliphatic carbocycles. The van der Waals surface area contributed by atoms with Gasteiger partial charge in [-0.1, -0.05) is 11.6 Å². The quantitative estimate of drug-likeness (QED) is 0.840. The van der Waals surface area contributed by atoms with Crippen LogP contribution in [0.15, 0.2) is 47.5 Å². The highest BCUT2D eigenvalue weighted by molar-refractivity contribution is 7.92. The normalized spacial score (nSPS) is 11.0. The van der Waals surface area contributed by atoms with E-state index in [1.54, 1.807) is 0 Å². The molecule has 0 fully saturated rings. The Labute approximate surface area is 127 Å². The van der Waals surface area contributed by atoms with Gasteiger partial charge in [-0.25, -0.2) is 13.4 Å². The number of sulfonamides is 1. The molecule has 0 saturated carbocycles. The van der Waals surface area contributed by atoms with Crippen LogP contribution < -0.4 is 10.0 Å². The lowest BCUT2D eigenvalue weighted by atomic mass is 10.2. The summed E-state index contributed by atoms with van der Waals surface area (Å²) >= 11 is 5.63. The predicted octanol–water partition coefficient (Wildman–Crippen LogP) is 1.90. The fourth-order valence-electron chi connectivity index (χ4n) is 1.58. The summed E-state index contributed by atoms with van der Waals surface area (Å²) in [6.07, 6.45) is 1.32. The van der Waals surface area contributed by atoms with Crippen LogP contribution in [0.1, 0.15) is 10.4 Å². The molecule has 1 heterocycles. The highest BCUT2D eigenvalue weighted by atomic mass is 35.5. The first-order valence-corrected chi connectivity index (χ1v) is 7.75. The van der Waals surface area contributed by atoms with E-state index in [1.807, 2.05) is 0 Å². The summed E-state index contributed by atoms with van der Waals surface area (Å²) in [5.74, 6) is -0.284. The zero-order valence-corrected chi connectivity index (χ0v) is 12.6. The topological polar surface area (TPSA) is 88.2 Å². The summed E-state index contributed by atoms with van der Waals surface area (Å²) < 4.78 is 26.7. The minimum Gasteiger partial charge on any atom is -0.355 e. The summed E-state index contributed by atoms with van der Waals surface area (Å²) in [6, 6.07) is 8.58.